The van der Waals surface area contributed by atoms with Crippen LogP contribution in [0.2, 0.25) is 0 Å². The zero-order valence-electron chi connectivity index (χ0n) is 20.0. The molecule has 3 heteroatoms. The SMILES string of the molecule is CCN(CC)CCc1c(-c2ccccc2)nc(C2=CC=CCC=C2)nc1-c1ccc(C)cc1. The Balaban J connectivity index is 1.93. The molecule has 4 rings (SSSR count). The van der Waals surface area contributed by atoms with Gasteiger partial charge in [-0.25, -0.2) is 9.97 Å². The highest BCUT2D eigenvalue weighted by Gasteiger charge is 2.19. The van der Waals surface area contributed by atoms with Crippen molar-refractivity contribution >= 4 is 5.57 Å². The highest BCUT2D eigenvalue weighted by Crippen LogP contribution is 2.32. The number of allylic oxidation sites excluding steroid dienone is 6. The van der Waals surface area contributed by atoms with Gasteiger partial charge < -0.3 is 4.90 Å². The van der Waals surface area contributed by atoms with Gasteiger partial charge in [0.15, 0.2) is 5.82 Å². The summed E-state index contributed by atoms with van der Waals surface area (Å²) in [5.74, 6) is 0.777. The predicted molar refractivity (Wildman–Crippen MR) is 140 cm³/mol. The molecule has 1 aromatic heterocycles. The smallest absolute Gasteiger partial charge is 0.160 e. The maximum absolute atomic E-state index is 5.17. The van der Waals surface area contributed by atoms with Gasteiger partial charge in [0.05, 0.1) is 11.4 Å². The first-order valence-corrected chi connectivity index (χ1v) is 12.0. The van der Waals surface area contributed by atoms with Crippen molar-refractivity contribution < 1.29 is 0 Å². The molecule has 0 fully saturated rings. The first-order valence-electron chi connectivity index (χ1n) is 12.0. The average Bonchev–Trinajstić information content (AvgIpc) is 3.15. The number of likely N-dealkylation sites (N-methyl/N-ethyl adjacent to an activating group) is 1. The van der Waals surface area contributed by atoms with Crippen LogP contribution < -0.4 is 0 Å². The van der Waals surface area contributed by atoms with Crippen molar-refractivity contribution in [3.8, 4) is 22.5 Å². The number of nitrogens with zero attached hydrogens (tertiary/aromatic N) is 3. The summed E-state index contributed by atoms with van der Waals surface area (Å²) in [5.41, 5.74) is 7.86. The van der Waals surface area contributed by atoms with Gasteiger partial charge >= 0.3 is 0 Å². The van der Waals surface area contributed by atoms with Crippen molar-refractivity contribution in [2.24, 2.45) is 0 Å². The van der Waals surface area contributed by atoms with Crippen molar-refractivity contribution in [1.29, 1.82) is 0 Å². The van der Waals surface area contributed by atoms with E-state index in [1.807, 2.05) is 0 Å². The Morgan fingerprint density at radius 2 is 1.48 bits per heavy atom. The summed E-state index contributed by atoms with van der Waals surface area (Å²) >= 11 is 0. The lowest BCUT2D eigenvalue weighted by Crippen LogP contribution is -2.26. The first-order chi connectivity index (χ1) is 16.2. The minimum Gasteiger partial charge on any atom is -0.304 e. The summed E-state index contributed by atoms with van der Waals surface area (Å²) in [5, 5.41) is 0. The number of hydrogen-bond acceptors (Lipinski definition) is 3. The second kappa shape index (κ2) is 11.0. The molecule has 0 saturated carbocycles. The normalized spacial score (nSPS) is 13.3. The van der Waals surface area contributed by atoms with Gasteiger partial charge in [-0.1, -0.05) is 104 Å². The van der Waals surface area contributed by atoms with E-state index in [-0.39, 0.29) is 0 Å². The molecule has 0 bridgehead atoms. The van der Waals surface area contributed by atoms with Gasteiger partial charge in [-0.3, -0.25) is 0 Å². The molecule has 0 amide bonds. The van der Waals surface area contributed by atoms with Gasteiger partial charge in [-0.05, 0) is 32.9 Å². The van der Waals surface area contributed by atoms with Crippen LogP contribution >= 0.6 is 0 Å². The summed E-state index contributed by atoms with van der Waals surface area (Å²) < 4.78 is 0. The van der Waals surface area contributed by atoms with E-state index in [0.717, 1.165) is 66.4 Å². The van der Waals surface area contributed by atoms with E-state index in [2.05, 4.69) is 111 Å². The molecule has 0 atom stereocenters. The lowest BCUT2D eigenvalue weighted by atomic mass is 9.96. The molecule has 33 heavy (non-hydrogen) atoms. The quantitative estimate of drug-likeness (QED) is 0.385. The van der Waals surface area contributed by atoms with Gasteiger partial charge in [0.2, 0.25) is 0 Å². The third-order valence-corrected chi connectivity index (χ3v) is 6.19. The molecule has 0 spiro atoms. The van der Waals surface area contributed by atoms with E-state index in [1.165, 1.54) is 11.1 Å². The van der Waals surface area contributed by atoms with Gasteiger partial charge in [0, 0.05) is 28.8 Å². The van der Waals surface area contributed by atoms with Crippen LogP contribution in [0.15, 0.2) is 85.0 Å². The average molecular weight is 436 g/mol. The maximum Gasteiger partial charge on any atom is 0.160 e. The Hall–Kier alpha value is -3.30. The highest BCUT2D eigenvalue weighted by atomic mass is 15.1. The van der Waals surface area contributed by atoms with Crippen LogP contribution in [0.4, 0.5) is 0 Å². The molecular formula is C30H33N3. The van der Waals surface area contributed by atoms with Crippen LogP contribution in [-0.2, 0) is 6.42 Å². The largest absolute Gasteiger partial charge is 0.304 e. The van der Waals surface area contributed by atoms with Crippen molar-refractivity contribution in [1.82, 2.24) is 14.9 Å². The molecule has 1 aliphatic rings. The molecule has 1 heterocycles. The number of hydrogen-bond donors (Lipinski definition) is 0. The van der Waals surface area contributed by atoms with Crippen molar-refractivity contribution in [2.45, 2.75) is 33.6 Å². The summed E-state index contributed by atoms with van der Waals surface area (Å²) in [6.45, 7) is 9.64. The van der Waals surface area contributed by atoms with E-state index in [4.69, 9.17) is 9.97 Å². The highest BCUT2D eigenvalue weighted by molar-refractivity contribution is 5.79. The van der Waals surface area contributed by atoms with Gasteiger partial charge in [-0.15, -0.1) is 0 Å². The monoisotopic (exact) mass is 435 g/mol. The Kier molecular flexibility index (Phi) is 7.64. The minimum absolute atomic E-state index is 0.777. The minimum atomic E-state index is 0.777. The van der Waals surface area contributed by atoms with Gasteiger partial charge in [0.25, 0.3) is 0 Å². The molecule has 0 radical (unpaired) electrons. The number of aryl methyl sites for hydroxylation is 1. The molecule has 3 nitrogen and oxygen atoms in total. The van der Waals surface area contributed by atoms with Crippen LogP contribution in [0.3, 0.4) is 0 Å². The van der Waals surface area contributed by atoms with Crippen LogP contribution in [0.25, 0.3) is 28.1 Å². The van der Waals surface area contributed by atoms with Crippen LogP contribution in [0.5, 0.6) is 0 Å². The Labute approximate surface area is 198 Å². The van der Waals surface area contributed by atoms with Crippen molar-refractivity contribution in [3.05, 3.63) is 102 Å². The fraction of sp³-hybridized carbons (Fsp3) is 0.267. The Morgan fingerprint density at radius 1 is 0.818 bits per heavy atom. The summed E-state index contributed by atoms with van der Waals surface area (Å²) in [6.07, 6.45) is 12.5. The summed E-state index contributed by atoms with van der Waals surface area (Å²) in [4.78, 5) is 12.8. The molecule has 168 valence electrons. The standard InChI is InChI=1S/C30H33N3/c1-4-33(5-2)22-21-27-28(24-13-11-8-12-14-24)31-30(26-15-9-6-7-10-16-26)32-29(27)25-19-17-23(3)18-20-25/h6,8-20H,4-5,7,21-22H2,1-3H3. The van der Waals surface area contributed by atoms with Crippen LogP contribution in [-0.4, -0.2) is 34.5 Å². The third-order valence-electron chi connectivity index (χ3n) is 6.19. The second-order valence-electron chi connectivity index (χ2n) is 8.42. The lowest BCUT2D eigenvalue weighted by Gasteiger charge is -2.21. The maximum atomic E-state index is 5.17. The van der Waals surface area contributed by atoms with Crippen molar-refractivity contribution in [3.63, 3.8) is 0 Å². The molecule has 1 aliphatic carbocycles. The molecule has 2 aromatic carbocycles. The summed E-state index contributed by atoms with van der Waals surface area (Å²) in [7, 11) is 0. The second-order valence-corrected chi connectivity index (χ2v) is 8.42. The third kappa shape index (κ3) is 5.55. The zero-order chi connectivity index (χ0) is 23.0. The molecule has 0 aliphatic heterocycles. The fourth-order valence-electron chi connectivity index (χ4n) is 4.17. The van der Waals surface area contributed by atoms with Gasteiger partial charge in [-0.2, -0.15) is 0 Å². The van der Waals surface area contributed by atoms with E-state index < -0.39 is 0 Å². The Bertz CT molecular complexity index is 1150. The molecular weight excluding hydrogens is 402 g/mol. The van der Waals surface area contributed by atoms with Crippen LogP contribution in [0.1, 0.15) is 37.2 Å². The lowest BCUT2D eigenvalue weighted by molar-refractivity contribution is 0.308. The zero-order valence-corrected chi connectivity index (χ0v) is 20.0. The number of benzene rings is 2. The van der Waals surface area contributed by atoms with E-state index in [1.54, 1.807) is 0 Å². The molecule has 0 saturated heterocycles. The topological polar surface area (TPSA) is 29.0 Å². The van der Waals surface area contributed by atoms with Crippen LogP contribution in [0, 0.1) is 6.92 Å². The van der Waals surface area contributed by atoms with E-state index >= 15 is 0 Å². The van der Waals surface area contributed by atoms with E-state index in [9.17, 15) is 0 Å². The van der Waals surface area contributed by atoms with E-state index in [0.29, 0.717) is 0 Å². The van der Waals surface area contributed by atoms with Gasteiger partial charge in [0.1, 0.15) is 0 Å². The molecule has 0 unspecified atom stereocenters. The first kappa shape index (κ1) is 22.9. The van der Waals surface area contributed by atoms with Crippen molar-refractivity contribution in [2.75, 3.05) is 19.6 Å². The number of rotatable bonds is 8. The predicted octanol–water partition coefficient (Wildman–Crippen LogP) is 6.90. The fourth-order valence-corrected chi connectivity index (χ4v) is 4.17. The summed E-state index contributed by atoms with van der Waals surface area (Å²) in [6, 6.07) is 19.3. The molecule has 3 aromatic rings. The number of aromatic nitrogens is 2. The Morgan fingerprint density at radius 3 is 2.15 bits per heavy atom. The molecule has 0 N–H and O–H groups in total.